The fourth-order valence-corrected chi connectivity index (χ4v) is 4.74. The number of benzene rings is 3. The zero-order chi connectivity index (χ0) is 22.6. The second kappa shape index (κ2) is 9.62. The summed E-state index contributed by atoms with van der Waals surface area (Å²) in [5, 5.41) is 0.562. The fourth-order valence-electron chi connectivity index (χ4n) is 3.40. The van der Waals surface area contributed by atoms with Crippen LogP contribution < -0.4 is 14.2 Å². The number of sulfonamides is 1. The molecule has 0 saturated heterocycles. The molecule has 0 atom stereocenters. The van der Waals surface area contributed by atoms with Crippen LogP contribution in [0, 0.1) is 0 Å². The molecule has 0 amide bonds. The Labute approximate surface area is 189 Å². The van der Waals surface area contributed by atoms with Gasteiger partial charge < -0.3 is 9.47 Å². The van der Waals surface area contributed by atoms with E-state index in [2.05, 4.69) is 18.6 Å². The summed E-state index contributed by atoms with van der Waals surface area (Å²) in [6, 6.07) is 17.9. The third-order valence-electron chi connectivity index (χ3n) is 4.93. The molecule has 0 aliphatic heterocycles. The maximum Gasteiger partial charge on any atom is 0.236 e. The minimum atomic E-state index is -3.65. The molecular weight excluding hydrogens is 434 g/mol. The molecule has 31 heavy (non-hydrogen) atoms. The first-order valence-corrected chi connectivity index (χ1v) is 11.9. The van der Waals surface area contributed by atoms with Crippen LogP contribution in [0.15, 0.2) is 60.7 Å². The minimum absolute atomic E-state index is 0.157. The van der Waals surface area contributed by atoms with Crippen LogP contribution in [-0.2, 0) is 15.8 Å². The van der Waals surface area contributed by atoms with Crippen LogP contribution in [0.2, 0.25) is 5.02 Å². The highest BCUT2D eigenvalue weighted by molar-refractivity contribution is 7.91. The number of rotatable bonds is 8. The third-order valence-corrected chi connectivity index (χ3v) is 6.42. The van der Waals surface area contributed by atoms with Gasteiger partial charge in [0.05, 0.1) is 25.7 Å². The molecule has 0 saturated carbocycles. The highest BCUT2D eigenvalue weighted by atomic mass is 35.5. The summed E-state index contributed by atoms with van der Waals surface area (Å²) in [7, 11) is -0.440. The van der Waals surface area contributed by atoms with Gasteiger partial charge in [-0.2, -0.15) is 0 Å². The molecule has 0 spiro atoms. The number of hydrogen-bond donors (Lipinski definition) is 1. The summed E-state index contributed by atoms with van der Waals surface area (Å²) in [6.07, 6.45) is 0. The maximum atomic E-state index is 12.9. The van der Waals surface area contributed by atoms with Crippen molar-refractivity contribution in [1.82, 2.24) is 0 Å². The van der Waals surface area contributed by atoms with E-state index in [0.717, 1.165) is 22.4 Å². The zero-order valence-corrected chi connectivity index (χ0v) is 19.5. The fraction of sp³-hybridized carbons (Fsp3) is 0.250. The van der Waals surface area contributed by atoms with Crippen molar-refractivity contribution in [3.63, 3.8) is 0 Å². The number of methoxy groups -OCH3 is 2. The Morgan fingerprint density at radius 3 is 2.16 bits per heavy atom. The summed E-state index contributed by atoms with van der Waals surface area (Å²) < 4.78 is 39.6. The first-order valence-electron chi connectivity index (χ1n) is 9.84. The van der Waals surface area contributed by atoms with Crippen LogP contribution in [0.25, 0.3) is 11.1 Å². The van der Waals surface area contributed by atoms with Crippen molar-refractivity contribution in [2.45, 2.75) is 25.5 Å². The van der Waals surface area contributed by atoms with Gasteiger partial charge in [-0.25, -0.2) is 8.42 Å². The number of nitrogens with one attached hydrogen (secondary N) is 1. The second-order valence-electron chi connectivity index (χ2n) is 7.48. The lowest BCUT2D eigenvalue weighted by atomic mass is 9.94. The van der Waals surface area contributed by atoms with Gasteiger partial charge in [-0.05, 0) is 41.3 Å². The molecule has 3 aromatic carbocycles. The molecule has 3 aromatic rings. The Bertz CT molecular complexity index is 1160. The number of ether oxygens (including phenoxy) is 2. The van der Waals surface area contributed by atoms with Gasteiger partial charge in [0.15, 0.2) is 0 Å². The van der Waals surface area contributed by atoms with Crippen molar-refractivity contribution < 1.29 is 17.9 Å². The zero-order valence-electron chi connectivity index (χ0n) is 18.0. The van der Waals surface area contributed by atoms with Crippen LogP contribution in [0.4, 0.5) is 5.69 Å². The molecule has 0 aliphatic carbocycles. The van der Waals surface area contributed by atoms with E-state index in [1.807, 2.05) is 24.3 Å². The molecule has 0 aliphatic rings. The van der Waals surface area contributed by atoms with Gasteiger partial charge in [0.2, 0.25) is 10.0 Å². The minimum Gasteiger partial charge on any atom is -0.496 e. The first-order chi connectivity index (χ1) is 14.7. The van der Waals surface area contributed by atoms with Crippen molar-refractivity contribution >= 4 is 27.3 Å². The average molecular weight is 460 g/mol. The van der Waals surface area contributed by atoms with Gasteiger partial charge in [0, 0.05) is 22.2 Å². The summed E-state index contributed by atoms with van der Waals surface area (Å²) in [6.45, 7) is 4.16. The number of hydrogen-bond acceptors (Lipinski definition) is 4. The van der Waals surface area contributed by atoms with E-state index >= 15 is 0 Å². The second-order valence-corrected chi connectivity index (χ2v) is 9.64. The van der Waals surface area contributed by atoms with Gasteiger partial charge in [-0.15, -0.1) is 0 Å². The monoisotopic (exact) mass is 459 g/mol. The van der Waals surface area contributed by atoms with Crippen LogP contribution in [-0.4, -0.2) is 22.6 Å². The van der Waals surface area contributed by atoms with E-state index in [1.165, 1.54) is 0 Å². The summed E-state index contributed by atoms with van der Waals surface area (Å²) >= 11 is 5.90. The normalized spacial score (nSPS) is 11.4. The van der Waals surface area contributed by atoms with Crippen LogP contribution >= 0.6 is 11.6 Å². The van der Waals surface area contributed by atoms with Gasteiger partial charge in [0.1, 0.15) is 11.5 Å². The SMILES string of the molecule is COc1cc(OC)c(C(C)C)cc1-c1ccccc1NS(=O)(=O)Cc1ccc(Cl)cc1. The van der Waals surface area contributed by atoms with Crippen molar-refractivity contribution in [2.75, 3.05) is 18.9 Å². The predicted molar refractivity (Wildman–Crippen MR) is 127 cm³/mol. The molecule has 0 bridgehead atoms. The summed E-state index contributed by atoms with van der Waals surface area (Å²) in [4.78, 5) is 0. The first kappa shape index (κ1) is 23.0. The van der Waals surface area contributed by atoms with Crippen LogP contribution in [0.3, 0.4) is 0 Å². The smallest absolute Gasteiger partial charge is 0.236 e. The topological polar surface area (TPSA) is 64.6 Å². The van der Waals surface area contributed by atoms with Gasteiger partial charge in [-0.3, -0.25) is 4.72 Å². The molecule has 0 radical (unpaired) electrons. The molecule has 7 heteroatoms. The van der Waals surface area contributed by atoms with E-state index in [4.69, 9.17) is 21.1 Å². The Morgan fingerprint density at radius 1 is 0.903 bits per heavy atom. The molecule has 3 rings (SSSR count). The molecule has 0 fully saturated rings. The third kappa shape index (κ3) is 5.51. The Balaban J connectivity index is 2.02. The van der Waals surface area contributed by atoms with Gasteiger partial charge >= 0.3 is 0 Å². The molecular formula is C24H26ClNO4S. The number of halogens is 1. The molecule has 0 aromatic heterocycles. The molecule has 0 unspecified atom stereocenters. The van der Waals surface area contributed by atoms with Crippen molar-refractivity contribution in [1.29, 1.82) is 0 Å². The number of anilines is 1. The quantitative estimate of drug-likeness (QED) is 0.442. The van der Waals surface area contributed by atoms with Gasteiger partial charge in [-0.1, -0.05) is 55.8 Å². The Kier molecular flexibility index (Phi) is 7.13. The van der Waals surface area contributed by atoms with Crippen LogP contribution in [0.5, 0.6) is 11.5 Å². The van der Waals surface area contributed by atoms with E-state index in [9.17, 15) is 8.42 Å². The molecule has 5 nitrogen and oxygen atoms in total. The highest BCUT2D eigenvalue weighted by Gasteiger charge is 2.19. The van der Waals surface area contributed by atoms with Gasteiger partial charge in [0.25, 0.3) is 0 Å². The predicted octanol–water partition coefficient (Wildman–Crippen LogP) is 6.09. The number of para-hydroxylation sites is 1. The largest absolute Gasteiger partial charge is 0.496 e. The molecule has 1 N–H and O–H groups in total. The molecule has 0 heterocycles. The Hall–Kier alpha value is -2.70. The van der Waals surface area contributed by atoms with E-state index in [0.29, 0.717) is 22.0 Å². The van der Waals surface area contributed by atoms with E-state index in [-0.39, 0.29) is 11.7 Å². The lowest BCUT2D eigenvalue weighted by molar-refractivity contribution is 0.390. The van der Waals surface area contributed by atoms with Crippen molar-refractivity contribution in [2.24, 2.45) is 0 Å². The van der Waals surface area contributed by atoms with Crippen molar-refractivity contribution in [3.8, 4) is 22.6 Å². The van der Waals surface area contributed by atoms with E-state index in [1.54, 1.807) is 50.6 Å². The van der Waals surface area contributed by atoms with Crippen molar-refractivity contribution in [3.05, 3.63) is 76.8 Å². The highest BCUT2D eigenvalue weighted by Crippen LogP contribution is 2.41. The lowest BCUT2D eigenvalue weighted by Gasteiger charge is -2.19. The van der Waals surface area contributed by atoms with Crippen LogP contribution in [0.1, 0.15) is 30.9 Å². The molecule has 164 valence electrons. The lowest BCUT2D eigenvalue weighted by Crippen LogP contribution is -2.15. The summed E-state index contributed by atoms with van der Waals surface area (Å²) in [5.74, 6) is 1.39. The summed E-state index contributed by atoms with van der Waals surface area (Å²) in [5.41, 5.74) is 3.66. The maximum absolute atomic E-state index is 12.9. The Morgan fingerprint density at radius 2 is 1.55 bits per heavy atom. The van der Waals surface area contributed by atoms with E-state index < -0.39 is 10.0 Å². The standard InChI is InChI=1S/C24H26ClNO4S/c1-16(2)20-13-21(24(30-4)14-23(20)29-3)19-7-5-6-8-22(19)26-31(27,28)15-17-9-11-18(25)12-10-17/h5-14,16,26H,15H2,1-4H3. The average Bonchev–Trinajstić information content (AvgIpc) is 2.74.